The molecule has 28 heavy (non-hydrogen) atoms. The third-order valence-electron chi connectivity index (χ3n) is 4.33. The highest BCUT2D eigenvalue weighted by Crippen LogP contribution is 2.38. The summed E-state index contributed by atoms with van der Waals surface area (Å²) < 4.78 is 5.69. The van der Waals surface area contributed by atoms with Crippen molar-refractivity contribution in [3.63, 3.8) is 0 Å². The van der Waals surface area contributed by atoms with Gasteiger partial charge < -0.3 is 4.74 Å². The molecule has 2 amide bonds. The van der Waals surface area contributed by atoms with Gasteiger partial charge in [-0.1, -0.05) is 42.5 Å². The average Bonchev–Trinajstić information content (AvgIpc) is 2.91. The van der Waals surface area contributed by atoms with Gasteiger partial charge in [-0.05, 0) is 51.0 Å². The largest absolute Gasteiger partial charge is 0.491 e. The first kappa shape index (κ1) is 20.2. The SMILES string of the molecule is CC(C)Oc1ccc(C2=C(SCc3ccccc3)C(=O)N(C(C)C)C2=O)cc1. The molecule has 0 spiro atoms. The number of ether oxygens (including phenoxy) is 1. The van der Waals surface area contributed by atoms with E-state index in [2.05, 4.69) is 0 Å². The van der Waals surface area contributed by atoms with E-state index in [1.807, 2.05) is 82.3 Å². The van der Waals surface area contributed by atoms with Gasteiger partial charge in [-0.2, -0.15) is 0 Å². The summed E-state index contributed by atoms with van der Waals surface area (Å²) in [5.41, 5.74) is 2.34. The molecule has 0 bridgehead atoms. The number of hydrogen-bond donors (Lipinski definition) is 0. The predicted octanol–water partition coefficient (Wildman–Crippen LogP) is 4.90. The van der Waals surface area contributed by atoms with Gasteiger partial charge in [0.25, 0.3) is 11.8 Å². The highest BCUT2D eigenvalue weighted by atomic mass is 32.2. The topological polar surface area (TPSA) is 46.6 Å². The molecule has 0 N–H and O–H groups in total. The molecule has 0 unspecified atom stereocenters. The number of carbonyl (C=O) groups is 2. The predicted molar refractivity (Wildman–Crippen MR) is 114 cm³/mol. The minimum atomic E-state index is -0.229. The molecule has 0 saturated heterocycles. The number of imide groups is 1. The normalized spacial score (nSPS) is 14.6. The number of carbonyl (C=O) groups excluding carboxylic acids is 2. The Hall–Kier alpha value is -2.53. The first-order chi connectivity index (χ1) is 13.4. The van der Waals surface area contributed by atoms with Crippen LogP contribution in [-0.2, 0) is 15.3 Å². The Morgan fingerprint density at radius 3 is 2.11 bits per heavy atom. The lowest BCUT2D eigenvalue weighted by molar-refractivity contribution is -0.138. The van der Waals surface area contributed by atoms with Gasteiger partial charge in [0.2, 0.25) is 0 Å². The van der Waals surface area contributed by atoms with Crippen LogP contribution in [0.4, 0.5) is 0 Å². The molecular weight excluding hydrogens is 370 g/mol. The average molecular weight is 396 g/mol. The zero-order valence-corrected chi connectivity index (χ0v) is 17.5. The van der Waals surface area contributed by atoms with Crippen molar-refractivity contribution in [2.24, 2.45) is 0 Å². The molecular formula is C23H25NO3S. The zero-order valence-electron chi connectivity index (χ0n) is 16.6. The molecule has 2 aromatic rings. The maximum absolute atomic E-state index is 13.0. The first-order valence-corrected chi connectivity index (χ1v) is 10.4. The van der Waals surface area contributed by atoms with Gasteiger partial charge in [-0.3, -0.25) is 14.5 Å². The monoisotopic (exact) mass is 395 g/mol. The van der Waals surface area contributed by atoms with Crippen molar-refractivity contribution in [1.29, 1.82) is 0 Å². The van der Waals surface area contributed by atoms with Crippen LogP contribution >= 0.6 is 11.8 Å². The van der Waals surface area contributed by atoms with Crippen LogP contribution in [-0.4, -0.2) is 28.9 Å². The molecule has 4 nitrogen and oxygen atoms in total. The van der Waals surface area contributed by atoms with Crippen molar-refractivity contribution >= 4 is 29.1 Å². The van der Waals surface area contributed by atoms with Crippen molar-refractivity contribution in [3.8, 4) is 5.75 Å². The minimum absolute atomic E-state index is 0.0770. The van der Waals surface area contributed by atoms with E-state index in [9.17, 15) is 9.59 Å². The molecule has 0 aromatic heterocycles. The van der Waals surface area contributed by atoms with Gasteiger partial charge in [0.05, 0.1) is 16.6 Å². The van der Waals surface area contributed by atoms with Crippen molar-refractivity contribution in [1.82, 2.24) is 4.90 Å². The van der Waals surface area contributed by atoms with Crippen LogP contribution in [0.15, 0.2) is 59.5 Å². The number of hydrogen-bond acceptors (Lipinski definition) is 4. The Bertz CT molecular complexity index is 886. The van der Waals surface area contributed by atoms with E-state index >= 15 is 0 Å². The summed E-state index contributed by atoms with van der Waals surface area (Å²) in [5.74, 6) is 0.945. The standard InChI is InChI=1S/C23H25NO3S/c1-15(2)24-22(25)20(18-10-12-19(13-11-18)27-16(3)4)21(23(24)26)28-14-17-8-6-5-7-9-17/h5-13,15-16H,14H2,1-4H3. The summed E-state index contributed by atoms with van der Waals surface area (Å²) >= 11 is 1.42. The van der Waals surface area contributed by atoms with E-state index in [1.54, 1.807) is 0 Å². The van der Waals surface area contributed by atoms with E-state index in [0.29, 0.717) is 16.2 Å². The molecule has 0 atom stereocenters. The van der Waals surface area contributed by atoms with E-state index in [1.165, 1.54) is 16.7 Å². The second-order valence-electron chi connectivity index (χ2n) is 7.24. The molecule has 1 heterocycles. The van der Waals surface area contributed by atoms with Gasteiger partial charge >= 0.3 is 0 Å². The van der Waals surface area contributed by atoms with Gasteiger partial charge in [-0.25, -0.2) is 0 Å². The number of benzene rings is 2. The number of rotatable bonds is 7. The molecule has 1 aliphatic rings. The maximum Gasteiger partial charge on any atom is 0.268 e. The molecule has 0 aliphatic carbocycles. The van der Waals surface area contributed by atoms with Crippen LogP contribution in [0.2, 0.25) is 0 Å². The molecule has 0 radical (unpaired) electrons. The summed E-state index contributed by atoms with van der Waals surface area (Å²) in [6.45, 7) is 7.65. The molecule has 146 valence electrons. The minimum Gasteiger partial charge on any atom is -0.491 e. The molecule has 3 rings (SSSR count). The van der Waals surface area contributed by atoms with Crippen LogP contribution in [0.3, 0.4) is 0 Å². The Labute approximate surface area is 170 Å². The van der Waals surface area contributed by atoms with Crippen LogP contribution < -0.4 is 4.74 Å². The summed E-state index contributed by atoms with van der Waals surface area (Å²) in [6.07, 6.45) is 0.0770. The summed E-state index contributed by atoms with van der Waals surface area (Å²) in [4.78, 5) is 27.9. The van der Waals surface area contributed by atoms with Crippen LogP contribution in [0, 0.1) is 0 Å². The zero-order chi connectivity index (χ0) is 20.3. The molecule has 0 saturated carbocycles. The first-order valence-electron chi connectivity index (χ1n) is 9.44. The lowest BCUT2D eigenvalue weighted by atomic mass is 10.1. The highest BCUT2D eigenvalue weighted by Gasteiger charge is 2.40. The number of nitrogens with zero attached hydrogens (tertiary/aromatic N) is 1. The fourth-order valence-electron chi connectivity index (χ4n) is 3.09. The molecule has 2 aromatic carbocycles. The third kappa shape index (κ3) is 4.30. The van der Waals surface area contributed by atoms with Gasteiger partial charge in [0.1, 0.15) is 5.75 Å². The van der Waals surface area contributed by atoms with E-state index in [-0.39, 0.29) is 24.0 Å². The molecule has 0 fully saturated rings. The third-order valence-corrected chi connectivity index (χ3v) is 5.48. The summed E-state index contributed by atoms with van der Waals surface area (Å²) in [7, 11) is 0. The Morgan fingerprint density at radius 1 is 0.893 bits per heavy atom. The second-order valence-corrected chi connectivity index (χ2v) is 8.23. The van der Waals surface area contributed by atoms with Crippen molar-refractivity contribution < 1.29 is 14.3 Å². The molecule has 5 heteroatoms. The van der Waals surface area contributed by atoms with Crippen molar-refractivity contribution in [3.05, 3.63) is 70.6 Å². The fourth-order valence-corrected chi connectivity index (χ4v) is 4.16. The van der Waals surface area contributed by atoms with Crippen molar-refractivity contribution in [2.45, 2.75) is 45.6 Å². The van der Waals surface area contributed by atoms with Crippen molar-refractivity contribution in [2.75, 3.05) is 0 Å². The lowest BCUT2D eigenvalue weighted by Crippen LogP contribution is -2.37. The smallest absolute Gasteiger partial charge is 0.268 e. The van der Waals surface area contributed by atoms with Gasteiger partial charge in [-0.15, -0.1) is 11.8 Å². The van der Waals surface area contributed by atoms with Crippen LogP contribution in [0.1, 0.15) is 38.8 Å². The quantitative estimate of drug-likeness (QED) is 0.626. The Morgan fingerprint density at radius 2 is 1.54 bits per heavy atom. The maximum atomic E-state index is 13.0. The Kier molecular flexibility index (Phi) is 6.25. The van der Waals surface area contributed by atoms with Crippen LogP contribution in [0.25, 0.3) is 5.57 Å². The highest BCUT2D eigenvalue weighted by molar-refractivity contribution is 8.03. The van der Waals surface area contributed by atoms with E-state index < -0.39 is 0 Å². The van der Waals surface area contributed by atoms with E-state index in [0.717, 1.165) is 16.9 Å². The molecule has 1 aliphatic heterocycles. The Balaban J connectivity index is 1.94. The van der Waals surface area contributed by atoms with Gasteiger partial charge in [0.15, 0.2) is 0 Å². The second kappa shape index (κ2) is 8.65. The number of amides is 2. The summed E-state index contributed by atoms with van der Waals surface area (Å²) in [6, 6.07) is 17.2. The fraction of sp³-hybridized carbons (Fsp3) is 0.304. The lowest BCUT2D eigenvalue weighted by Gasteiger charge is -2.19. The summed E-state index contributed by atoms with van der Waals surface area (Å²) in [5, 5.41) is 0. The van der Waals surface area contributed by atoms with Gasteiger partial charge in [0, 0.05) is 11.8 Å². The van der Waals surface area contributed by atoms with E-state index in [4.69, 9.17) is 4.74 Å². The number of thioether (sulfide) groups is 1. The van der Waals surface area contributed by atoms with Crippen LogP contribution in [0.5, 0.6) is 5.75 Å².